The van der Waals surface area contributed by atoms with Crippen molar-refractivity contribution in [1.29, 1.82) is 0 Å². The Bertz CT molecular complexity index is 422. The van der Waals surface area contributed by atoms with E-state index in [-0.39, 0.29) is 17.9 Å². The van der Waals surface area contributed by atoms with Gasteiger partial charge in [0.05, 0.1) is 0 Å². The van der Waals surface area contributed by atoms with E-state index in [1.54, 1.807) is 0 Å². The molecule has 0 saturated carbocycles. The largest absolute Gasteiger partial charge is 0.330 e. The van der Waals surface area contributed by atoms with Gasteiger partial charge in [-0.2, -0.15) is 0 Å². The van der Waals surface area contributed by atoms with Crippen molar-refractivity contribution >= 4 is 17.8 Å². The average molecular weight is 281 g/mol. The molecule has 0 radical (unpaired) electrons. The second-order valence-electron chi connectivity index (χ2n) is 6.10. The molecule has 4 amide bonds. The highest BCUT2D eigenvalue weighted by molar-refractivity contribution is 6.16. The van der Waals surface area contributed by atoms with Crippen LogP contribution in [-0.4, -0.2) is 53.8 Å². The Balaban J connectivity index is 2.11. The number of rotatable bonds is 3. The van der Waals surface area contributed by atoms with Crippen LogP contribution in [0.25, 0.3) is 0 Å². The zero-order valence-corrected chi connectivity index (χ0v) is 12.4. The summed E-state index contributed by atoms with van der Waals surface area (Å²) in [6, 6.07) is -0.379. The van der Waals surface area contributed by atoms with Crippen LogP contribution < -0.4 is 5.32 Å². The molecule has 1 N–H and O–H groups in total. The fourth-order valence-corrected chi connectivity index (χ4v) is 2.98. The van der Waals surface area contributed by atoms with Crippen molar-refractivity contribution in [1.82, 2.24) is 15.1 Å². The fourth-order valence-electron chi connectivity index (χ4n) is 2.98. The third-order valence-corrected chi connectivity index (χ3v) is 4.27. The smallest absolute Gasteiger partial charge is 0.302 e. The van der Waals surface area contributed by atoms with E-state index >= 15 is 0 Å². The summed E-state index contributed by atoms with van der Waals surface area (Å²) in [5.41, 5.74) is 0. The van der Waals surface area contributed by atoms with Crippen LogP contribution in [0.15, 0.2) is 0 Å². The Labute approximate surface area is 119 Å². The van der Waals surface area contributed by atoms with Crippen molar-refractivity contribution in [3.63, 3.8) is 0 Å². The summed E-state index contributed by atoms with van der Waals surface area (Å²) in [5.74, 6) is -1.68. The predicted molar refractivity (Wildman–Crippen MR) is 73.8 cm³/mol. The molecule has 2 heterocycles. The molecule has 6 heteroatoms. The number of piperidine rings is 1. The summed E-state index contributed by atoms with van der Waals surface area (Å²) >= 11 is 0. The summed E-state index contributed by atoms with van der Waals surface area (Å²) in [6.07, 6.45) is 3.25. The van der Waals surface area contributed by atoms with E-state index in [0.29, 0.717) is 6.54 Å². The van der Waals surface area contributed by atoms with Crippen LogP contribution in [0, 0.1) is 11.8 Å². The van der Waals surface area contributed by atoms with Gasteiger partial charge in [-0.05, 0) is 32.4 Å². The van der Waals surface area contributed by atoms with Gasteiger partial charge in [-0.3, -0.25) is 19.8 Å². The van der Waals surface area contributed by atoms with Crippen molar-refractivity contribution < 1.29 is 14.4 Å². The zero-order valence-electron chi connectivity index (χ0n) is 12.4. The number of urea groups is 1. The van der Waals surface area contributed by atoms with Gasteiger partial charge in [0.2, 0.25) is 11.8 Å². The summed E-state index contributed by atoms with van der Waals surface area (Å²) in [6.45, 7) is 5.00. The van der Waals surface area contributed by atoms with Crippen LogP contribution >= 0.6 is 0 Å². The second kappa shape index (κ2) is 5.91. The van der Waals surface area contributed by atoms with Crippen LogP contribution in [0.5, 0.6) is 0 Å². The maximum atomic E-state index is 12.4. The highest BCUT2D eigenvalue weighted by atomic mass is 16.2. The Morgan fingerprint density at radius 1 is 1.25 bits per heavy atom. The molecule has 0 aromatic heterocycles. The number of carbonyl (C=O) groups is 3. The third kappa shape index (κ3) is 2.85. The minimum atomic E-state index is -0.749. The molecule has 2 saturated heterocycles. The Morgan fingerprint density at radius 2 is 1.95 bits per heavy atom. The van der Waals surface area contributed by atoms with Gasteiger partial charge in [-0.15, -0.1) is 0 Å². The lowest BCUT2D eigenvalue weighted by Gasteiger charge is -2.38. The van der Waals surface area contributed by atoms with Crippen LogP contribution in [0.4, 0.5) is 4.79 Å². The minimum Gasteiger partial charge on any atom is -0.302 e. The van der Waals surface area contributed by atoms with Crippen molar-refractivity contribution in [2.75, 3.05) is 20.1 Å². The molecule has 6 nitrogen and oxygen atoms in total. The average Bonchev–Trinajstić information content (AvgIpc) is 2.35. The van der Waals surface area contributed by atoms with Crippen LogP contribution in [-0.2, 0) is 9.59 Å². The molecule has 0 aromatic rings. The number of hydrogen-bond donors (Lipinski definition) is 1. The summed E-state index contributed by atoms with van der Waals surface area (Å²) in [4.78, 5) is 39.5. The maximum Gasteiger partial charge on any atom is 0.330 e. The van der Waals surface area contributed by atoms with Crippen LogP contribution in [0.3, 0.4) is 0 Å². The SMILES string of the molecule is CC(C)C1C(=O)NC(=O)N(CC2CCCCN2C)C1=O. The first-order valence-corrected chi connectivity index (χ1v) is 7.28. The standard InChI is InChI=1S/C14H23N3O3/c1-9(2)11-12(18)15-14(20)17(13(11)19)8-10-6-4-5-7-16(10)3/h9-11H,4-8H2,1-3H3,(H,15,18,20). The van der Waals surface area contributed by atoms with Crippen molar-refractivity contribution in [3.8, 4) is 0 Å². The first kappa shape index (κ1) is 15.0. The van der Waals surface area contributed by atoms with Gasteiger partial charge in [0.25, 0.3) is 0 Å². The molecule has 2 aliphatic rings. The number of amides is 4. The normalized spacial score (nSPS) is 29.0. The lowest BCUT2D eigenvalue weighted by Crippen LogP contribution is -2.61. The molecule has 2 atom stereocenters. The lowest BCUT2D eigenvalue weighted by molar-refractivity contribution is -0.145. The minimum absolute atomic E-state index is 0.109. The Morgan fingerprint density at radius 3 is 2.55 bits per heavy atom. The highest BCUT2D eigenvalue weighted by Crippen LogP contribution is 2.22. The van der Waals surface area contributed by atoms with Gasteiger partial charge >= 0.3 is 6.03 Å². The van der Waals surface area contributed by atoms with Gasteiger partial charge in [-0.25, -0.2) is 4.79 Å². The van der Waals surface area contributed by atoms with Gasteiger partial charge in [0, 0.05) is 12.6 Å². The number of imide groups is 2. The van der Waals surface area contributed by atoms with E-state index in [0.717, 1.165) is 25.8 Å². The Kier molecular flexibility index (Phi) is 4.42. The summed E-state index contributed by atoms with van der Waals surface area (Å²) < 4.78 is 0. The van der Waals surface area contributed by atoms with E-state index < -0.39 is 17.9 Å². The topological polar surface area (TPSA) is 69.7 Å². The second-order valence-corrected chi connectivity index (χ2v) is 6.10. The first-order chi connectivity index (χ1) is 9.41. The fraction of sp³-hybridized carbons (Fsp3) is 0.786. The van der Waals surface area contributed by atoms with Crippen molar-refractivity contribution in [2.45, 2.75) is 39.2 Å². The molecule has 0 aliphatic carbocycles. The third-order valence-electron chi connectivity index (χ3n) is 4.27. The molecule has 20 heavy (non-hydrogen) atoms. The molecule has 2 rings (SSSR count). The molecule has 2 aliphatic heterocycles. The first-order valence-electron chi connectivity index (χ1n) is 7.28. The van der Waals surface area contributed by atoms with Crippen molar-refractivity contribution in [2.24, 2.45) is 11.8 Å². The lowest BCUT2D eigenvalue weighted by atomic mass is 9.91. The van der Waals surface area contributed by atoms with Crippen LogP contribution in [0.2, 0.25) is 0 Å². The summed E-state index contributed by atoms with van der Waals surface area (Å²) in [5, 5.41) is 2.30. The van der Waals surface area contributed by atoms with E-state index in [9.17, 15) is 14.4 Å². The predicted octanol–water partition coefficient (Wildman–Crippen LogP) is 0.821. The van der Waals surface area contributed by atoms with Crippen LogP contribution in [0.1, 0.15) is 33.1 Å². The quantitative estimate of drug-likeness (QED) is 0.778. The number of nitrogens with zero attached hydrogens (tertiary/aromatic N) is 2. The number of nitrogens with one attached hydrogen (secondary N) is 1. The molecule has 0 spiro atoms. The molecular weight excluding hydrogens is 258 g/mol. The molecule has 0 bridgehead atoms. The van der Waals surface area contributed by atoms with E-state index in [1.165, 1.54) is 4.90 Å². The van der Waals surface area contributed by atoms with Gasteiger partial charge in [0.15, 0.2) is 0 Å². The number of likely N-dealkylation sites (tertiary alicyclic amines) is 1. The number of carbonyl (C=O) groups excluding carboxylic acids is 3. The summed E-state index contributed by atoms with van der Waals surface area (Å²) in [7, 11) is 2.02. The van der Waals surface area contributed by atoms with Gasteiger partial charge in [0.1, 0.15) is 5.92 Å². The number of likely N-dealkylation sites (N-methyl/N-ethyl adjacent to an activating group) is 1. The molecule has 112 valence electrons. The van der Waals surface area contributed by atoms with E-state index in [2.05, 4.69) is 10.2 Å². The molecule has 0 aromatic carbocycles. The number of hydrogen-bond acceptors (Lipinski definition) is 4. The van der Waals surface area contributed by atoms with Crippen molar-refractivity contribution in [3.05, 3.63) is 0 Å². The monoisotopic (exact) mass is 281 g/mol. The van der Waals surface area contributed by atoms with Gasteiger partial charge in [-0.1, -0.05) is 20.3 Å². The molecule has 2 fully saturated rings. The molecular formula is C14H23N3O3. The highest BCUT2D eigenvalue weighted by Gasteiger charge is 2.43. The number of barbiturate groups is 1. The Hall–Kier alpha value is -1.43. The van der Waals surface area contributed by atoms with Gasteiger partial charge < -0.3 is 4.90 Å². The molecule has 2 unspecified atom stereocenters. The maximum absolute atomic E-state index is 12.4. The zero-order chi connectivity index (χ0) is 14.9. The van der Waals surface area contributed by atoms with E-state index in [1.807, 2.05) is 20.9 Å². The van der Waals surface area contributed by atoms with E-state index in [4.69, 9.17) is 0 Å².